The van der Waals surface area contributed by atoms with Crippen LogP contribution in [0, 0.1) is 5.92 Å². The van der Waals surface area contributed by atoms with E-state index < -0.39 is 35.5 Å². The Bertz CT molecular complexity index is 979. The fraction of sp³-hybridized carbons (Fsp3) is 0.333. The average molecular weight is 401 g/mol. The normalized spacial score (nSPS) is 27.6. The summed E-state index contributed by atoms with van der Waals surface area (Å²) in [5, 5.41) is 4.00. The summed E-state index contributed by atoms with van der Waals surface area (Å²) >= 11 is 0. The molecule has 8 heteroatoms. The number of rotatable bonds is 2. The molecule has 0 aliphatic carbocycles. The zero-order chi connectivity index (χ0) is 20.3. The first kappa shape index (κ1) is 18.3. The molecule has 29 heavy (non-hydrogen) atoms. The lowest BCUT2D eigenvalue weighted by atomic mass is 9.90. The predicted octanol–water partition coefficient (Wildman–Crippen LogP) is 3.24. The second-order valence-electron chi connectivity index (χ2n) is 7.57. The van der Waals surface area contributed by atoms with E-state index in [1.54, 1.807) is 0 Å². The molecule has 3 saturated heterocycles. The Morgan fingerprint density at radius 1 is 0.828 bits per heavy atom. The number of fused-ring (bicyclic) bond motifs is 3. The molecule has 3 heterocycles. The van der Waals surface area contributed by atoms with Crippen LogP contribution in [0.2, 0.25) is 0 Å². The molecule has 0 aromatic heterocycles. The van der Waals surface area contributed by atoms with Gasteiger partial charge in [-0.2, -0.15) is 13.2 Å². The summed E-state index contributed by atoms with van der Waals surface area (Å²) in [6.45, 7) is 1.40. The van der Waals surface area contributed by atoms with Gasteiger partial charge in [-0.3, -0.25) is 9.59 Å². The van der Waals surface area contributed by atoms with Crippen LogP contribution in [-0.2, 0) is 15.8 Å². The monoisotopic (exact) mass is 401 g/mol. The van der Waals surface area contributed by atoms with Crippen molar-refractivity contribution in [1.29, 1.82) is 0 Å². The molecule has 2 amide bonds. The quantitative estimate of drug-likeness (QED) is 0.725. The Hall–Kier alpha value is -2.71. The molecule has 5 nitrogen and oxygen atoms in total. The first-order chi connectivity index (χ1) is 13.9. The zero-order valence-corrected chi connectivity index (χ0v) is 15.3. The summed E-state index contributed by atoms with van der Waals surface area (Å²) in [5.74, 6) is -1.54. The molecular formula is C21H18F3N3O2. The third kappa shape index (κ3) is 2.70. The number of imide groups is 1. The van der Waals surface area contributed by atoms with Gasteiger partial charge in [-0.1, -0.05) is 36.4 Å². The molecule has 3 fully saturated rings. The van der Waals surface area contributed by atoms with Crippen molar-refractivity contribution in [2.24, 2.45) is 5.92 Å². The number of hydrogen-bond donors (Lipinski definition) is 0. The van der Waals surface area contributed by atoms with E-state index in [-0.39, 0.29) is 11.7 Å². The Morgan fingerprint density at radius 3 is 2.21 bits per heavy atom. The van der Waals surface area contributed by atoms with E-state index in [1.807, 2.05) is 35.3 Å². The topological polar surface area (TPSA) is 43.9 Å². The lowest BCUT2D eigenvalue weighted by molar-refractivity contribution is -0.137. The minimum Gasteiger partial charge on any atom is -0.274 e. The summed E-state index contributed by atoms with van der Waals surface area (Å²) in [6, 6.07) is 12.9. The molecule has 150 valence electrons. The molecule has 0 radical (unpaired) electrons. The number of carbonyl (C=O) groups is 2. The number of anilines is 1. The van der Waals surface area contributed by atoms with E-state index in [1.165, 1.54) is 12.1 Å². The Labute approximate surface area is 165 Å². The summed E-state index contributed by atoms with van der Waals surface area (Å²) in [5.41, 5.74) is 0.0239. The second kappa shape index (κ2) is 6.40. The molecule has 3 aliphatic heterocycles. The van der Waals surface area contributed by atoms with Crippen LogP contribution in [0.3, 0.4) is 0 Å². The Morgan fingerprint density at radius 2 is 1.52 bits per heavy atom. The molecular weight excluding hydrogens is 383 g/mol. The number of halogens is 3. The van der Waals surface area contributed by atoms with Crippen LogP contribution < -0.4 is 4.90 Å². The van der Waals surface area contributed by atoms with Crippen LogP contribution >= 0.6 is 0 Å². The van der Waals surface area contributed by atoms with Gasteiger partial charge in [-0.15, -0.1) is 0 Å². The first-order valence-corrected chi connectivity index (χ1v) is 9.51. The van der Waals surface area contributed by atoms with Gasteiger partial charge >= 0.3 is 6.18 Å². The molecule has 3 aliphatic rings. The number of hydrogen-bond acceptors (Lipinski definition) is 4. The van der Waals surface area contributed by atoms with Gasteiger partial charge in [0.1, 0.15) is 6.04 Å². The lowest BCUT2D eigenvalue weighted by Gasteiger charge is -2.29. The van der Waals surface area contributed by atoms with Crippen molar-refractivity contribution in [3.8, 4) is 0 Å². The first-order valence-electron chi connectivity index (χ1n) is 9.51. The predicted molar refractivity (Wildman–Crippen MR) is 98.4 cm³/mol. The van der Waals surface area contributed by atoms with Gasteiger partial charge in [-0.05, 0) is 30.2 Å². The van der Waals surface area contributed by atoms with Gasteiger partial charge in [0.05, 0.1) is 23.2 Å². The van der Waals surface area contributed by atoms with E-state index in [0.717, 1.165) is 35.6 Å². The average Bonchev–Trinajstić information content (AvgIpc) is 3.34. The van der Waals surface area contributed by atoms with Crippen molar-refractivity contribution in [3.05, 3.63) is 65.7 Å². The van der Waals surface area contributed by atoms with Gasteiger partial charge < -0.3 is 0 Å². The second-order valence-corrected chi connectivity index (χ2v) is 7.57. The molecule has 0 N–H and O–H groups in total. The van der Waals surface area contributed by atoms with E-state index in [2.05, 4.69) is 5.01 Å². The standard InChI is InChI=1S/C21H18F3N3O2/c22-21(23,24)14-8-4-9-15(12-14)27-19(28)16-17(13-6-2-1-3-7-13)25-10-5-11-26(25)18(16)20(27)29/h1-4,6-9,12,16-18H,5,10-11H2/t16-,17-,18-/m1/s1. The van der Waals surface area contributed by atoms with Crippen LogP contribution in [-0.4, -0.2) is 41.0 Å². The fourth-order valence-corrected chi connectivity index (χ4v) is 4.84. The minimum absolute atomic E-state index is 0.0261. The molecule has 3 atom stereocenters. The summed E-state index contributed by atoms with van der Waals surface area (Å²) in [4.78, 5) is 27.5. The lowest BCUT2D eigenvalue weighted by Crippen LogP contribution is -2.44. The van der Waals surface area contributed by atoms with Crippen molar-refractivity contribution in [3.63, 3.8) is 0 Å². The van der Waals surface area contributed by atoms with Gasteiger partial charge in [-0.25, -0.2) is 14.9 Å². The van der Waals surface area contributed by atoms with E-state index in [9.17, 15) is 22.8 Å². The third-order valence-electron chi connectivity index (χ3n) is 5.98. The van der Waals surface area contributed by atoms with Gasteiger partial charge in [0.25, 0.3) is 5.91 Å². The van der Waals surface area contributed by atoms with E-state index >= 15 is 0 Å². The number of carbonyl (C=O) groups excluding carboxylic acids is 2. The largest absolute Gasteiger partial charge is 0.416 e. The Balaban J connectivity index is 1.57. The maximum Gasteiger partial charge on any atom is 0.416 e. The van der Waals surface area contributed by atoms with Crippen molar-refractivity contribution >= 4 is 17.5 Å². The van der Waals surface area contributed by atoms with Crippen molar-refractivity contribution < 1.29 is 22.8 Å². The highest BCUT2D eigenvalue weighted by Crippen LogP contribution is 2.49. The van der Waals surface area contributed by atoms with Crippen LogP contribution in [0.1, 0.15) is 23.6 Å². The van der Waals surface area contributed by atoms with Crippen LogP contribution in [0.25, 0.3) is 0 Å². The van der Waals surface area contributed by atoms with Crippen molar-refractivity contribution in [2.45, 2.75) is 24.7 Å². The highest BCUT2D eigenvalue weighted by molar-refractivity contribution is 6.24. The SMILES string of the molecule is O=C1[C@@H]2[C@@H](c3ccccc3)N3CCCN3[C@H]2C(=O)N1c1cccc(C(F)(F)F)c1. The third-order valence-corrected chi connectivity index (χ3v) is 5.98. The van der Waals surface area contributed by atoms with Crippen molar-refractivity contribution in [2.75, 3.05) is 18.0 Å². The van der Waals surface area contributed by atoms with E-state index in [4.69, 9.17) is 0 Å². The fourth-order valence-electron chi connectivity index (χ4n) is 4.84. The molecule has 0 unspecified atom stereocenters. The molecule has 5 rings (SSSR count). The van der Waals surface area contributed by atoms with Crippen LogP contribution in [0.5, 0.6) is 0 Å². The smallest absolute Gasteiger partial charge is 0.274 e. The molecule has 0 bridgehead atoms. The minimum atomic E-state index is -4.55. The van der Waals surface area contributed by atoms with Gasteiger partial charge in [0.15, 0.2) is 0 Å². The van der Waals surface area contributed by atoms with Gasteiger partial charge in [0.2, 0.25) is 5.91 Å². The summed E-state index contributed by atoms with van der Waals surface area (Å²) in [6.07, 6.45) is -3.67. The van der Waals surface area contributed by atoms with Crippen LogP contribution in [0.15, 0.2) is 54.6 Å². The maximum absolute atomic E-state index is 13.3. The number of hydrazine groups is 1. The summed E-state index contributed by atoms with van der Waals surface area (Å²) in [7, 11) is 0. The number of nitrogens with zero attached hydrogens (tertiary/aromatic N) is 3. The van der Waals surface area contributed by atoms with E-state index in [0.29, 0.717) is 6.54 Å². The molecule has 2 aromatic rings. The highest BCUT2D eigenvalue weighted by Gasteiger charge is 2.62. The molecule has 0 spiro atoms. The zero-order valence-electron chi connectivity index (χ0n) is 15.3. The Kier molecular flexibility index (Phi) is 4.04. The highest BCUT2D eigenvalue weighted by atomic mass is 19.4. The molecule has 0 saturated carbocycles. The summed E-state index contributed by atoms with van der Waals surface area (Å²) < 4.78 is 39.4. The number of amides is 2. The number of alkyl halides is 3. The van der Waals surface area contributed by atoms with Crippen LogP contribution in [0.4, 0.5) is 18.9 Å². The van der Waals surface area contributed by atoms with Gasteiger partial charge in [0, 0.05) is 13.1 Å². The molecule has 2 aromatic carbocycles. The van der Waals surface area contributed by atoms with Crippen molar-refractivity contribution in [1.82, 2.24) is 10.0 Å². The number of benzene rings is 2. The maximum atomic E-state index is 13.3.